The minimum absolute atomic E-state index is 0.227. The van der Waals surface area contributed by atoms with E-state index < -0.39 is 0 Å². The Labute approximate surface area is 80.7 Å². The molecule has 0 aliphatic heterocycles. The fourth-order valence-electron chi connectivity index (χ4n) is 1.92. The van der Waals surface area contributed by atoms with Crippen molar-refractivity contribution >= 4 is 5.78 Å². The van der Waals surface area contributed by atoms with Crippen LogP contribution in [0, 0.1) is 5.92 Å². The van der Waals surface area contributed by atoms with Gasteiger partial charge in [0.1, 0.15) is 5.78 Å². The van der Waals surface area contributed by atoms with Crippen molar-refractivity contribution in [1.82, 2.24) is 0 Å². The van der Waals surface area contributed by atoms with Crippen LogP contribution in [-0.2, 0) is 9.53 Å². The van der Waals surface area contributed by atoms with Gasteiger partial charge in [-0.3, -0.25) is 4.79 Å². The molecule has 13 heavy (non-hydrogen) atoms. The highest BCUT2D eigenvalue weighted by atomic mass is 16.5. The van der Waals surface area contributed by atoms with Gasteiger partial charge in [-0.25, -0.2) is 0 Å². The van der Waals surface area contributed by atoms with Crippen LogP contribution < -0.4 is 0 Å². The molecule has 0 radical (unpaired) electrons. The molecule has 0 N–H and O–H groups in total. The Kier molecular flexibility index (Phi) is 4.43. The fourth-order valence-corrected chi connectivity index (χ4v) is 1.92. The van der Waals surface area contributed by atoms with Crippen LogP contribution in [0.5, 0.6) is 0 Å². The van der Waals surface area contributed by atoms with E-state index >= 15 is 0 Å². The van der Waals surface area contributed by atoms with Crippen molar-refractivity contribution in [3.8, 4) is 0 Å². The number of methoxy groups -OCH3 is 1. The predicted molar refractivity (Wildman–Crippen MR) is 52.7 cm³/mol. The summed E-state index contributed by atoms with van der Waals surface area (Å²) in [4.78, 5) is 11.6. The molecule has 0 aromatic heterocycles. The highest BCUT2D eigenvalue weighted by Crippen LogP contribution is 2.26. The van der Waals surface area contributed by atoms with Crippen molar-refractivity contribution < 1.29 is 9.53 Å². The summed E-state index contributed by atoms with van der Waals surface area (Å²) >= 11 is 0. The van der Waals surface area contributed by atoms with Gasteiger partial charge in [-0.05, 0) is 26.2 Å². The summed E-state index contributed by atoms with van der Waals surface area (Å²) < 4.78 is 5.11. The average Bonchev–Trinajstić information content (AvgIpc) is 2.66. The number of hydrogen-bond donors (Lipinski definition) is 0. The smallest absolute Gasteiger partial charge is 0.136 e. The van der Waals surface area contributed by atoms with Crippen LogP contribution in [0.1, 0.15) is 45.4 Å². The molecule has 1 rings (SSSR count). The van der Waals surface area contributed by atoms with Gasteiger partial charge in [0.2, 0.25) is 0 Å². The first-order chi connectivity index (χ1) is 6.24. The van der Waals surface area contributed by atoms with Gasteiger partial charge in [0, 0.05) is 19.4 Å². The Morgan fingerprint density at radius 1 is 1.46 bits per heavy atom. The van der Waals surface area contributed by atoms with Crippen LogP contribution in [-0.4, -0.2) is 19.0 Å². The van der Waals surface area contributed by atoms with Gasteiger partial charge >= 0.3 is 0 Å². The third-order valence-corrected chi connectivity index (χ3v) is 3.01. The fraction of sp³-hybridized carbons (Fsp3) is 0.909. The highest BCUT2D eigenvalue weighted by Gasteiger charge is 2.22. The van der Waals surface area contributed by atoms with Gasteiger partial charge in [0.15, 0.2) is 0 Å². The Morgan fingerprint density at radius 2 is 2.08 bits per heavy atom. The molecule has 1 fully saturated rings. The number of carbonyl (C=O) groups excluding carboxylic acids is 1. The van der Waals surface area contributed by atoms with E-state index in [9.17, 15) is 4.79 Å². The SMILES string of the molecule is COC(C)CCC(=O)C1CCCC1. The second kappa shape index (κ2) is 5.38. The first-order valence-corrected chi connectivity index (χ1v) is 5.29. The molecule has 0 heterocycles. The lowest BCUT2D eigenvalue weighted by atomic mass is 9.98. The van der Waals surface area contributed by atoms with Crippen LogP contribution in [0.4, 0.5) is 0 Å². The van der Waals surface area contributed by atoms with E-state index in [4.69, 9.17) is 4.74 Å². The second-order valence-electron chi connectivity index (χ2n) is 4.03. The zero-order valence-corrected chi connectivity index (χ0v) is 8.71. The third kappa shape index (κ3) is 3.47. The van der Waals surface area contributed by atoms with Crippen LogP contribution >= 0.6 is 0 Å². The van der Waals surface area contributed by atoms with Gasteiger partial charge in [-0.2, -0.15) is 0 Å². The summed E-state index contributed by atoms with van der Waals surface area (Å²) in [7, 11) is 1.70. The minimum atomic E-state index is 0.227. The molecule has 0 saturated heterocycles. The van der Waals surface area contributed by atoms with Crippen molar-refractivity contribution in [2.24, 2.45) is 5.92 Å². The molecule has 0 aromatic carbocycles. The van der Waals surface area contributed by atoms with Crippen LogP contribution in [0.3, 0.4) is 0 Å². The number of rotatable bonds is 5. The van der Waals surface area contributed by atoms with Gasteiger partial charge in [0.05, 0.1) is 6.10 Å². The lowest BCUT2D eigenvalue weighted by Gasteiger charge is -2.11. The molecule has 0 aromatic rings. The lowest BCUT2D eigenvalue weighted by molar-refractivity contribution is -0.123. The van der Waals surface area contributed by atoms with Crippen molar-refractivity contribution in [2.75, 3.05) is 7.11 Å². The standard InChI is InChI=1S/C11H20O2/c1-9(13-2)7-8-11(12)10-5-3-4-6-10/h9-10H,3-8H2,1-2H3. The molecule has 76 valence electrons. The highest BCUT2D eigenvalue weighted by molar-refractivity contribution is 5.81. The molecule has 1 unspecified atom stereocenters. The summed E-state index contributed by atoms with van der Waals surface area (Å²) in [5.74, 6) is 0.838. The van der Waals surface area contributed by atoms with E-state index in [0.717, 1.165) is 19.3 Å². The molecule has 2 heteroatoms. The van der Waals surface area contributed by atoms with Crippen molar-refractivity contribution in [3.63, 3.8) is 0 Å². The summed E-state index contributed by atoms with van der Waals surface area (Å²) in [6.07, 6.45) is 6.56. The minimum Gasteiger partial charge on any atom is -0.382 e. The summed E-state index contributed by atoms with van der Waals surface area (Å²) in [6, 6.07) is 0. The van der Waals surface area contributed by atoms with Crippen molar-refractivity contribution in [3.05, 3.63) is 0 Å². The maximum absolute atomic E-state index is 11.6. The molecule has 0 bridgehead atoms. The number of carbonyl (C=O) groups is 1. The zero-order valence-electron chi connectivity index (χ0n) is 8.71. The number of Topliss-reactive ketones (excluding diaryl/α,β-unsaturated/α-hetero) is 1. The maximum atomic E-state index is 11.6. The average molecular weight is 184 g/mol. The normalized spacial score (nSPS) is 20.5. The van der Waals surface area contributed by atoms with Crippen molar-refractivity contribution in [2.45, 2.75) is 51.6 Å². The topological polar surface area (TPSA) is 26.3 Å². The quantitative estimate of drug-likeness (QED) is 0.656. The summed E-state index contributed by atoms with van der Waals surface area (Å²) in [6.45, 7) is 2.02. The molecule has 1 atom stereocenters. The Bertz CT molecular complexity index is 159. The molecule has 0 spiro atoms. The van der Waals surface area contributed by atoms with E-state index in [1.54, 1.807) is 7.11 Å². The van der Waals surface area contributed by atoms with Gasteiger partial charge in [-0.15, -0.1) is 0 Å². The Hall–Kier alpha value is -0.370. The largest absolute Gasteiger partial charge is 0.382 e. The molecule has 1 saturated carbocycles. The molecular formula is C11H20O2. The molecule has 1 aliphatic carbocycles. The molecular weight excluding hydrogens is 164 g/mol. The Morgan fingerprint density at radius 3 is 2.62 bits per heavy atom. The zero-order chi connectivity index (χ0) is 9.68. The van der Waals surface area contributed by atoms with E-state index in [1.165, 1.54) is 12.8 Å². The molecule has 1 aliphatic rings. The van der Waals surface area contributed by atoms with E-state index in [2.05, 4.69) is 0 Å². The van der Waals surface area contributed by atoms with Gasteiger partial charge in [-0.1, -0.05) is 12.8 Å². The first-order valence-electron chi connectivity index (χ1n) is 5.29. The van der Waals surface area contributed by atoms with Crippen LogP contribution in [0.2, 0.25) is 0 Å². The van der Waals surface area contributed by atoms with Gasteiger partial charge in [0.25, 0.3) is 0 Å². The number of ketones is 1. The van der Waals surface area contributed by atoms with Crippen molar-refractivity contribution in [1.29, 1.82) is 0 Å². The lowest BCUT2D eigenvalue weighted by Crippen LogP contribution is -2.14. The maximum Gasteiger partial charge on any atom is 0.136 e. The van der Waals surface area contributed by atoms with Crippen LogP contribution in [0.25, 0.3) is 0 Å². The van der Waals surface area contributed by atoms with E-state index in [0.29, 0.717) is 18.1 Å². The first kappa shape index (κ1) is 10.7. The van der Waals surface area contributed by atoms with Crippen LogP contribution in [0.15, 0.2) is 0 Å². The van der Waals surface area contributed by atoms with E-state index in [1.807, 2.05) is 6.92 Å². The molecule has 2 nitrogen and oxygen atoms in total. The number of hydrogen-bond acceptors (Lipinski definition) is 2. The Balaban J connectivity index is 2.16. The van der Waals surface area contributed by atoms with E-state index in [-0.39, 0.29) is 6.10 Å². The van der Waals surface area contributed by atoms with Gasteiger partial charge < -0.3 is 4.74 Å². The second-order valence-corrected chi connectivity index (χ2v) is 4.03. The number of ether oxygens (including phenoxy) is 1. The monoisotopic (exact) mass is 184 g/mol. The predicted octanol–water partition coefficient (Wildman–Crippen LogP) is 2.56. The summed E-state index contributed by atoms with van der Waals surface area (Å²) in [5.41, 5.74) is 0. The third-order valence-electron chi connectivity index (χ3n) is 3.01. The summed E-state index contributed by atoms with van der Waals surface area (Å²) in [5, 5.41) is 0. The molecule has 0 amide bonds.